The summed E-state index contributed by atoms with van der Waals surface area (Å²) in [7, 11) is 1.58. The number of halogens is 1. The number of nitrogens with zero attached hydrogens (tertiary/aromatic N) is 1. The fraction of sp³-hybridized carbons (Fsp3) is 0.263. The topological polar surface area (TPSA) is 58.6 Å². The highest BCUT2D eigenvalue weighted by Gasteiger charge is 2.35. The maximum Gasteiger partial charge on any atom is 0.227 e. The quantitative estimate of drug-likeness (QED) is 0.908. The first-order valence-corrected chi connectivity index (χ1v) is 8.04. The minimum Gasteiger partial charge on any atom is -0.497 e. The van der Waals surface area contributed by atoms with Gasteiger partial charge in [0, 0.05) is 19.5 Å². The molecule has 1 aliphatic rings. The molecule has 2 aromatic rings. The second-order valence-corrected chi connectivity index (χ2v) is 5.93. The number of methoxy groups -OCH3 is 1. The van der Waals surface area contributed by atoms with Gasteiger partial charge in [-0.05, 0) is 29.8 Å². The van der Waals surface area contributed by atoms with Crippen molar-refractivity contribution >= 4 is 17.5 Å². The zero-order chi connectivity index (χ0) is 17.8. The highest BCUT2D eigenvalue weighted by atomic mass is 19.1. The Morgan fingerprint density at radius 2 is 2.08 bits per heavy atom. The molecule has 0 spiro atoms. The summed E-state index contributed by atoms with van der Waals surface area (Å²) in [6.07, 6.45) is 0.0816. The Labute approximate surface area is 145 Å². The molecule has 1 N–H and O–H groups in total. The van der Waals surface area contributed by atoms with Crippen molar-refractivity contribution in [3.8, 4) is 5.75 Å². The number of para-hydroxylation sites is 1. The number of amides is 2. The Balaban J connectivity index is 1.62. The molecule has 0 unspecified atom stereocenters. The van der Waals surface area contributed by atoms with Crippen LogP contribution in [0, 0.1) is 11.7 Å². The zero-order valence-electron chi connectivity index (χ0n) is 13.9. The van der Waals surface area contributed by atoms with Gasteiger partial charge in [0.05, 0.1) is 18.7 Å². The third-order valence-electron chi connectivity index (χ3n) is 4.24. The van der Waals surface area contributed by atoms with Crippen LogP contribution in [0.2, 0.25) is 0 Å². The molecule has 25 heavy (non-hydrogen) atoms. The monoisotopic (exact) mass is 342 g/mol. The van der Waals surface area contributed by atoms with Crippen LogP contribution in [-0.2, 0) is 16.1 Å². The first-order valence-electron chi connectivity index (χ1n) is 8.04. The van der Waals surface area contributed by atoms with E-state index in [0.29, 0.717) is 12.3 Å². The van der Waals surface area contributed by atoms with Crippen LogP contribution in [0.3, 0.4) is 0 Å². The van der Waals surface area contributed by atoms with Gasteiger partial charge in [0.25, 0.3) is 0 Å². The predicted molar refractivity (Wildman–Crippen MR) is 91.7 cm³/mol. The van der Waals surface area contributed by atoms with Crippen molar-refractivity contribution < 1.29 is 18.7 Å². The van der Waals surface area contributed by atoms with Gasteiger partial charge in [0.2, 0.25) is 11.8 Å². The standard InChI is InChI=1S/C19H19FN2O3/c1-25-15-6-4-5-13(9-15)11-21-19(24)14-10-18(23)22(12-14)17-8-3-2-7-16(17)20/h2-9,14H,10-12H2,1H3,(H,21,24)/t14-/m1/s1. The lowest BCUT2D eigenvalue weighted by atomic mass is 10.1. The van der Waals surface area contributed by atoms with Crippen LogP contribution in [0.4, 0.5) is 10.1 Å². The average Bonchev–Trinajstić information content (AvgIpc) is 3.02. The Morgan fingerprint density at radius 3 is 2.84 bits per heavy atom. The van der Waals surface area contributed by atoms with Gasteiger partial charge in [-0.1, -0.05) is 24.3 Å². The Morgan fingerprint density at radius 1 is 1.28 bits per heavy atom. The summed E-state index contributed by atoms with van der Waals surface area (Å²) in [5.41, 5.74) is 1.12. The molecule has 5 nitrogen and oxygen atoms in total. The molecule has 1 fully saturated rings. The fourth-order valence-electron chi connectivity index (χ4n) is 2.90. The van der Waals surface area contributed by atoms with Gasteiger partial charge in [-0.15, -0.1) is 0 Å². The van der Waals surface area contributed by atoms with Crippen LogP contribution in [-0.4, -0.2) is 25.5 Å². The number of hydrogen-bond donors (Lipinski definition) is 1. The fourth-order valence-corrected chi connectivity index (χ4v) is 2.90. The summed E-state index contributed by atoms with van der Waals surface area (Å²) < 4.78 is 19.0. The van der Waals surface area contributed by atoms with Gasteiger partial charge < -0.3 is 15.0 Å². The van der Waals surface area contributed by atoms with Crippen LogP contribution in [0.1, 0.15) is 12.0 Å². The molecule has 0 radical (unpaired) electrons. The third-order valence-corrected chi connectivity index (χ3v) is 4.24. The number of carbonyl (C=O) groups excluding carboxylic acids is 2. The molecule has 0 bridgehead atoms. The highest BCUT2D eigenvalue weighted by Crippen LogP contribution is 2.27. The van der Waals surface area contributed by atoms with E-state index in [2.05, 4.69) is 5.32 Å². The number of carbonyl (C=O) groups is 2. The van der Waals surface area contributed by atoms with E-state index in [-0.39, 0.29) is 30.5 Å². The van der Waals surface area contributed by atoms with Crippen molar-refractivity contribution in [2.75, 3.05) is 18.6 Å². The van der Waals surface area contributed by atoms with Gasteiger partial charge >= 0.3 is 0 Å². The predicted octanol–water partition coefficient (Wildman–Crippen LogP) is 2.50. The van der Waals surface area contributed by atoms with Crippen molar-refractivity contribution in [1.29, 1.82) is 0 Å². The highest BCUT2D eigenvalue weighted by molar-refractivity contribution is 6.00. The lowest BCUT2D eigenvalue weighted by molar-refractivity contribution is -0.126. The van der Waals surface area contributed by atoms with E-state index in [0.717, 1.165) is 5.56 Å². The summed E-state index contributed by atoms with van der Waals surface area (Å²) in [6.45, 7) is 0.532. The molecule has 1 heterocycles. The molecular weight excluding hydrogens is 323 g/mol. The second-order valence-electron chi connectivity index (χ2n) is 5.93. The number of benzene rings is 2. The van der Waals surface area contributed by atoms with Crippen LogP contribution in [0.15, 0.2) is 48.5 Å². The maximum absolute atomic E-state index is 13.9. The van der Waals surface area contributed by atoms with Gasteiger partial charge in [-0.3, -0.25) is 9.59 Å². The first-order chi connectivity index (χ1) is 12.1. The van der Waals surface area contributed by atoms with Crippen LogP contribution in [0.25, 0.3) is 0 Å². The SMILES string of the molecule is COc1cccc(CNC(=O)[C@@H]2CC(=O)N(c3ccccc3F)C2)c1. The van der Waals surface area contributed by atoms with Crippen molar-refractivity contribution in [1.82, 2.24) is 5.32 Å². The number of anilines is 1. The number of ether oxygens (including phenoxy) is 1. The molecule has 130 valence electrons. The van der Waals surface area contributed by atoms with E-state index >= 15 is 0 Å². The summed E-state index contributed by atoms with van der Waals surface area (Å²) in [5.74, 6) is -0.693. The van der Waals surface area contributed by atoms with E-state index in [1.807, 2.05) is 24.3 Å². The van der Waals surface area contributed by atoms with E-state index < -0.39 is 11.7 Å². The molecule has 3 rings (SSSR count). The van der Waals surface area contributed by atoms with E-state index in [1.165, 1.54) is 11.0 Å². The largest absolute Gasteiger partial charge is 0.497 e. The molecule has 1 atom stereocenters. The number of rotatable bonds is 5. The molecular formula is C19H19FN2O3. The van der Waals surface area contributed by atoms with Crippen LogP contribution < -0.4 is 15.0 Å². The Kier molecular flexibility index (Phi) is 4.97. The average molecular weight is 342 g/mol. The lowest BCUT2D eigenvalue weighted by Crippen LogP contribution is -2.32. The minimum absolute atomic E-state index is 0.0816. The molecule has 1 saturated heterocycles. The van der Waals surface area contributed by atoms with Gasteiger partial charge in [-0.2, -0.15) is 0 Å². The van der Waals surface area contributed by atoms with Gasteiger partial charge in [0.15, 0.2) is 0 Å². The number of hydrogen-bond acceptors (Lipinski definition) is 3. The molecule has 2 aromatic carbocycles. The second kappa shape index (κ2) is 7.34. The van der Waals surface area contributed by atoms with E-state index in [1.54, 1.807) is 25.3 Å². The summed E-state index contributed by atoms with van der Waals surface area (Å²) in [5, 5.41) is 2.83. The smallest absolute Gasteiger partial charge is 0.227 e. The molecule has 6 heteroatoms. The van der Waals surface area contributed by atoms with Gasteiger partial charge in [-0.25, -0.2) is 4.39 Å². The van der Waals surface area contributed by atoms with Crippen LogP contribution >= 0.6 is 0 Å². The Hall–Kier alpha value is -2.89. The van der Waals surface area contributed by atoms with Crippen LogP contribution in [0.5, 0.6) is 5.75 Å². The molecule has 0 aliphatic carbocycles. The molecule has 2 amide bonds. The molecule has 0 aromatic heterocycles. The third kappa shape index (κ3) is 3.79. The summed E-state index contributed by atoms with van der Waals surface area (Å²) >= 11 is 0. The summed E-state index contributed by atoms with van der Waals surface area (Å²) in [4.78, 5) is 25.9. The number of nitrogens with one attached hydrogen (secondary N) is 1. The lowest BCUT2D eigenvalue weighted by Gasteiger charge is -2.17. The molecule has 0 saturated carbocycles. The Bertz CT molecular complexity index is 794. The first kappa shape index (κ1) is 17.0. The van der Waals surface area contributed by atoms with E-state index in [9.17, 15) is 14.0 Å². The normalized spacial score (nSPS) is 16.8. The molecule has 1 aliphatic heterocycles. The van der Waals surface area contributed by atoms with Crippen molar-refractivity contribution in [3.05, 3.63) is 59.9 Å². The van der Waals surface area contributed by atoms with Gasteiger partial charge in [0.1, 0.15) is 11.6 Å². The van der Waals surface area contributed by atoms with Crippen molar-refractivity contribution in [2.45, 2.75) is 13.0 Å². The minimum atomic E-state index is -0.488. The maximum atomic E-state index is 13.9. The summed E-state index contributed by atoms with van der Waals surface area (Å²) in [6, 6.07) is 13.5. The van der Waals surface area contributed by atoms with Crippen molar-refractivity contribution in [2.24, 2.45) is 5.92 Å². The van der Waals surface area contributed by atoms with Crippen molar-refractivity contribution in [3.63, 3.8) is 0 Å². The van der Waals surface area contributed by atoms with E-state index in [4.69, 9.17) is 4.74 Å². The zero-order valence-corrected chi connectivity index (χ0v) is 13.9.